The van der Waals surface area contributed by atoms with E-state index in [1.54, 1.807) is 18.6 Å². The van der Waals surface area contributed by atoms with E-state index in [0.717, 1.165) is 12.1 Å². The first kappa shape index (κ1) is 11.0. The normalized spacial score (nSPS) is 21.6. The molecule has 0 aliphatic heterocycles. The van der Waals surface area contributed by atoms with Gasteiger partial charge in [0.1, 0.15) is 5.75 Å². The number of esters is 1. The monoisotopic (exact) mass is 242 g/mol. The first-order valence-electron chi connectivity index (χ1n) is 6.04. The Morgan fingerprint density at radius 2 is 2.33 bits per heavy atom. The molecule has 3 rings (SSSR count). The van der Waals surface area contributed by atoms with E-state index >= 15 is 0 Å². The van der Waals surface area contributed by atoms with Crippen LogP contribution < -0.4 is 4.74 Å². The molecule has 1 fully saturated rings. The van der Waals surface area contributed by atoms with Gasteiger partial charge in [0.15, 0.2) is 0 Å². The number of hydrogen-bond donors (Lipinski definition) is 0. The van der Waals surface area contributed by atoms with Crippen LogP contribution >= 0.6 is 0 Å². The molecule has 0 saturated heterocycles. The minimum absolute atomic E-state index is 0.0851. The number of nitrogens with zero attached hydrogens (tertiary/aromatic N) is 2. The molecule has 18 heavy (non-hydrogen) atoms. The minimum atomic E-state index is -0.120. The van der Waals surface area contributed by atoms with Gasteiger partial charge >= 0.3 is 5.97 Å². The van der Waals surface area contributed by atoms with Gasteiger partial charge in [-0.25, -0.2) is 4.98 Å². The minimum Gasteiger partial charge on any atom is -0.426 e. The Kier molecular flexibility index (Phi) is 2.63. The first-order valence-corrected chi connectivity index (χ1v) is 6.04. The molecule has 1 heterocycles. The molecule has 1 aromatic carbocycles. The largest absolute Gasteiger partial charge is 0.426 e. The Bertz CT molecular complexity index is 563. The smallest absolute Gasteiger partial charge is 0.314 e. The molecule has 1 aliphatic rings. The lowest BCUT2D eigenvalue weighted by Crippen LogP contribution is -2.11. The molecule has 0 amide bonds. The average molecular weight is 242 g/mol. The van der Waals surface area contributed by atoms with E-state index in [0.29, 0.717) is 11.7 Å². The number of benzene rings is 1. The van der Waals surface area contributed by atoms with Crippen LogP contribution in [-0.2, 0) is 4.79 Å². The third kappa shape index (κ3) is 2.14. The topological polar surface area (TPSA) is 44.1 Å². The van der Waals surface area contributed by atoms with Crippen LogP contribution in [0.1, 0.15) is 13.3 Å². The summed E-state index contributed by atoms with van der Waals surface area (Å²) in [4.78, 5) is 15.7. The van der Waals surface area contributed by atoms with Gasteiger partial charge in [0.25, 0.3) is 0 Å². The standard InChI is InChI=1S/C14H14N2O2/c1-10-7-13(10)14(17)18-12-4-2-3-11(8-12)16-6-5-15-9-16/h2-6,8-10,13H,7H2,1H3/t10-,13-/m0/s1. The van der Waals surface area contributed by atoms with Gasteiger partial charge in [0.2, 0.25) is 0 Å². The van der Waals surface area contributed by atoms with Crippen LogP contribution in [0.15, 0.2) is 43.0 Å². The second kappa shape index (κ2) is 4.29. The molecule has 1 aliphatic carbocycles. The van der Waals surface area contributed by atoms with Crippen molar-refractivity contribution >= 4 is 5.97 Å². The van der Waals surface area contributed by atoms with E-state index in [4.69, 9.17) is 4.74 Å². The van der Waals surface area contributed by atoms with E-state index in [9.17, 15) is 4.79 Å². The van der Waals surface area contributed by atoms with Gasteiger partial charge < -0.3 is 9.30 Å². The Morgan fingerprint density at radius 1 is 1.50 bits per heavy atom. The van der Waals surface area contributed by atoms with Crippen molar-refractivity contribution in [1.82, 2.24) is 9.55 Å². The number of aromatic nitrogens is 2. The Balaban J connectivity index is 1.77. The van der Waals surface area contributed by atoms with Crippen molar-refractivity contribution in [2.75, 3.05) is 0 Å². The van der Waals surface area contributed by atoms with Crippen molar-refractivity contribution in [3.05, 3.63) is 43.0 Å². The number of imidazole rings is 1. The van der Waals surface area contributed by atoms with Gasteiger partial charge in [-0.2, -0.15) is 0 Å². The second-order valence-electron chi connectivity index (χ2n) is 4.71. The summed E-state index contributed by atoms with van der Waals surface area (Å²) in [5.74, 6) is 1.02. The summed E-state index contributed by atoms with van der Waals surface area (Å²) in [5.41, 5.74) is 0.932. The zero-order chi connectivity index (χ0) is 12.5. The van der Waals surface area contributed by atoms with E-state index in [2.05, 4.69) is 11.9 Å². The lowest BCUT2D eigenvalue weighted by atomic mass is 10.3. The summed E-state index contributed by atoms with van der Waals surface area (Å²) in [6.45, 7) is 2.06. The molecule has 92 valence electrons. The third-order valence-electron chi connectivity index (χ3n) is 3.25. The molecule has 0 spiro atoms. The Morgan fingerprint density at radius 3 is 3.00 bits per heavy atom. The molecule has 0 N–H and O–H groups in total. The van der Waals surface area contributed by atoms with Gasteiger partial charge in [-0.15, -0.1) is 0 Å². The highest BCUT2D eigenvalue weighted by Crippen LogP contribution is 2.38. The highest BCUT2D eigenvalue weighted by atomic mass is 16.5. The molecule has 1 aromatic heterocycles. The number of hydrogen-bond acceptors (Lipinski definition) is 3. The quantitative estimate of drug-likeness (QED) is 0.613. The zero-order valence-corrected chi connectivity index (χ0v) is 10.1. The summed E-state index contributed by atoms with van der Waals surface area (Å²) in [7, 11) is 0. The Labute approximate surface area is 105 Å². The van der Waals surface area contributed by atoms with Gasteiger partial charge in [-0.1, -0.05) is 13.0 Å². The van der Waals surface area contributed by atoms with E-state index in [1.165, 1.54) is 0 Å². The van der Waals surface area contributed by atoms with E-state index in [-0.39, 0.29) is 11.9 Å². The van der Waals surface area contributed by atoms with Crippen molar-refractivity contribution in [1.29, 1.82) is 0 Å². The average Bonchev–Trinajstić information content (AvgIpc) is 2.90. The molecule has 1 saturated carbocycles. The fraction of sp³-hybridized carbons (Fsp3) is 0.286. The highest BCUT2D eigenvalue weighted by molar-refractivity contribution is 5.78. The lowest BCUT2D eigenvalue weighted by Gasteiger charge is -2.06. The van der Waals surface area contributed by atoms with Crippen molar-refractivity contribution in [3.63, 3.8) is 0 Å². The van der Waals surface area contributed by atoms with Crippen LogP contribution in [-0.4, -0.2) is 15.5 Å². The lowest BCUT2D eigenvalue weighted by molar-refractivity contribution is -0.136. The fourth-order valence-corrected chi connectivity index (χ4v) is 1.96. The van der Waals surface area contributed by atoms with Crippen LogP contribution in [0.4, 0.5) is 0 Å². The number of ether oxygens (including phenoxy) is 1. The van der Waals surface area contributed by atoms with Gasteiger partial charge in [0, 0.05) is 18.5 Å². The zero-order valence-electron chi connectivity index (χ0n) is 10.1. The predicted molar refractivity (Wildman–Crippen MR) is 66.5 cm³/mol. The van der Waals surface area contributed by atoms with Crippen molar-refractivity contribution in [2.24, 2.45) is 11.8 Å². The number of rotatable bonds is 3. The van der Waals surface area contributed by atoms with Gasteiger partial charge in [-0.3, -0.25) is 4.79 Å². The van der Waals surface area contributed by atoms with Crippen LogP contribution in [0.3, 0.4) is 0 Å². The van der Waals surface area contributed by atoms with Gasteiger partial charge in [0.05, 0.1) is 17.9 Å². The summed E-state index contributed by atoms with van der Waals surface area (Å²) in [5, 5.41) is 0. The highest BCUT2D eigenvalue weighted by Gasteiger charge is 2.40. The SMILES string of the molecule is C[C@H]1C[C@@H]1C(=O)Oc1cccc(-n2ccnc2)c1. The summed E-state index contributed by atoms with van der Waals surface area (Å²) in [6, 6.07) is 7.45. The maximum atomic E-state index is 11.7. The van der Waals surface area contributed by atoms with Gasteiger partial charge in [-0.05, 0) is 24.5 Å². The van der Waals surface area contributed by atoms with E-state index < -0.39 is 0 Å². The molecule has 4 nitrogen and oxygen atoms in total. The van der Waals surface area contributed by atoms with Crippen LogP contribution in [0.5, 0.6) is 5.75 Å². The molecular weight excluding hydrogens is 228 g/mol. The molecule has 0 bridgehead atoms. The predicted octanol–water partition coefficient (Wildman–Crippen LogP) is 2.43. The summed E-state index contributed by atoms with van der Waals surface area (Å²) < 4.78 is 7.25. The molecule has 0 radical (unpaired) electrons. The van der Waals surface area contributed by atoms with Crippen LogP contribution in [0.25, 0.3) is 5.69 Å². The van der Waals surface area contributed by atoms with E-state index in [1.807, 2.05) is 29.0 Å². The maximum Gasteiger partial charge on any atom is 0.314 e. The molecule has 2 atom stereocenters. The molecular formula is C14H14N2O2. The van der Waals surface area contributed by atoms with Crippen molar-refractivity contribution < 1.29 is 9.53 Å². The second-order valence-corrected chi connectivity index (χ2v) is 4.71. The number of carbonyl (C=O) groups excluding carboxylic acids is 1. The summed E-state index contributed by atoms with van der Waals surface area (Å²) >= 11 is 0. The Hall–Kier alpha value is -2.10. The van der Waals surface area contributed by atoms with Crippen molar-refractivity contribution in [2.45, 2.75) is 13.3 Å². The molecule has 2 aromatic rings. The van der Waals surface area contributed by atoms with Crippen molar-refractivity contribution in [3.8, 4) is 11.4 Å². The van der Waals surface area contributed by atoms with Crippen LogP contribution in [0, 0.1) is 11.8 Å². The van der Waals surface area contributed by atoms with Crippen LogP contribution in [0.2, 0.25) is 0 Å². The first-order chi connectivity index (χ1) is 8.74. The molecule has 4 heteroatoms. The summed E-state index contributed by atoms with van der Waals surface area (Å²) in [6.07, 6.45) is 6.22. The maximum absolute atomic E-state index is 11.7. The third-order valence-corrected chi connectivity index (χ3v) is 3.25. The molecule has 0 unspecified atom stereocenters. The fourth-order valence-electron chi connectivity index (χ4n) is 1.96. The number of carbonyl (C=O) groups is 1.